The molecule has 0 radical (unpaired) electrons. The zero-order chi connectivity index (χ0) is 14.4. The van der Waals surface area contributed by atoms with Crippen molar-refractivity contribution in [1.82, 2.24) is 0 Å². The van der Waals surface area contributed by atoms with E-state index in [0.29, 0.717) is 6.42 Å². The van der Waals surface area contributed by atoms with Gasteiger partial charge in [-0.1, -0.05) is 24.4 Å². The third-order valence-electron chi connectivity index (χ3n) is 2.33. The number of carbonyl (C=O) groups is 2. The Bertz CT molecular complexity index is 504. The SMILES string of the molecule is NC(=S)CCC(N)C(=O)Oc1ccccc1C(=O)O. The maximum absolute atomic E-state index is 11.7. The van der Waals surface area contributed by atoms with Crippen LogP contribution >= 0.6 is 12.2 Å². The number of ether oxygens (including phenoxy) is 1. The summed E-state index contributed by atoms with van der Waals surface area (Å²) in [6.45, 7) is 0. The third kappa shape index (κ3) is 4.65. The number of thiocarbonyl (C=S) groups is 1. The topological polar surface area (TPSA) is 116 Å². The lowest BCUT2D eigenvalue weighted by Crippen LogP contribution is -2.35. The van der Waals surface area contributed by atoms with Crippen LogP contribution in [-0.2, 0) is 4.79 Å². The predicted molar refractivity (Wildman–Crippen MR) is 73.0 cm³/mol. The second-order valence-corrected chi connectivity index (χ2v) is 4.36. The highest BCUT2D eigenvalue weighted by atomic mass is 32.1. The van der Waals surface area contributed by atoms with Gasteiger partial charge in [-0.3, -0.25) is 0 Å². The summed E-state index contributed by atoms with van der Waals surface area (Å²) in [5.41, 5.74) is 10.8. The molecule has 5 N–H and O–H groups in total. The lowest BCUT2D eigenvalue weighted by atomic mass is 10.1. The van der Waals surface area contributed by atoms with Crippen molar-refractivity contribution in [3.63, 3.8) is 0 Å². The van der Waals surface area contributed by atoms with Crippen LogP contribution in [0, 0.1) is 0 Å². The molecule has 102 valence electrons. The molecule has 7 heteroatoms. The first-order valence-electron chi connectivity index (χ1n) is 5.49. The molecule has 0 aliphatic carbocycles. The number of carboxylic acid groups (broad SMARTS) is 1. The van der Waals surface area contributed by atoms with Gasteiger partial charge in [0, 0.05) is 0 Å². The molecule has 6 nitrogen and oxygen atoms in total. The molecule has 0 amide bonds. The van der Waals surface area contributed by atoms with E-state index in [4.69, 9.17) is 21.3 Å². The van der Waals surface area contributed by atoms with E-state index < -0.39 is 18.0 Å². The van der Waals surface area contributed by atoms with E-state index in [2.05, 4.69) is 12.2 Å². The van der Waals surface area contributed by atoms with Crippen molar-refractivity contribution in [3.05, 3.63) is 29.8 Å². The van der Waals surface area contributed by atoms with Crippen LogP contribution in [0.1, 0.15) is 23.2 Å². The molecule has 0 aliphatic heterocycles. The third-order valence-corrected chi connectivity index (χ3v) is 2.54. The first-order valence-corrected chi connectivity index (χ1v) is 5.90. The highest BCUT2D eigenvalue weighted by Crippen LogP contribution is 2.18. The van der Waals surface area contributed by atoms with Gasteiger partial charge in [0.2, 0.25) is 0 Å². The lowest BCUT2D eigenvalue weighted by Gasteiger charge is -2.12. The molecule has 0 saturated carbocycles. The molecule has 0 spiro atoms. The van der Waals surface area contributed by atoms with Crippen molar-refractivity contribution in [3.8, 4) is 5.75 Å². The van der Waals surface area contributed by atoms with Crippen molar-refractivity contribution in [2.45, 2.75) is 18.9 Å². The molecule has 0 bridgehead atoms. The molecule has 19 heavy (non-hydrogen) atoms. The number of carbonyl (C=O) groups excluding carboxylic acids is 1. The van der Waals surface area contributed by atoms with Crippen molar-refractivity contribution in [2.24, 2.45) is 11.5 Å². The van der Waals surface area contributed by atoms with Crippen LogP contribution in [0.3, 0.4) is 0 Å². The maximum Gasteiger partial charge on any atom is 0.339 e. The average Bonchev–Trinajstić information content (AvgIpc) is 2.36. The summed E-state index contributed by atoms with van der Waals surface area (Å²) in [5.74, 6) is -1.93. The van der Waals surface area contributed by atoms with Crippen molar-refractivity contribution < 1.29 is 19.4 Å². The van der Waals surface area contributed by atoms with Crippen LogP contribution in [0.4, 0.5) is 0 Å². The molecule has 1 unspecified atom stereocenters. The fourth-order valence-corrected chi connectivity index (χ4v) is 1.45. The van der Waals surface area contributed by atoms with Crippen LogP contribution in [0.25, 0.3) is 0 Å². The van der Waals surface area contributed by atoms with Gasteiger partial charge in [-0.25, -0.2) is 9.59 Å². The van der Waals surface area contributed by atoms with E-state index in [1.807, 2.05) is 0 Å². The highest BCUT2D eigenvalue weighted by molar-refractivity contribution is 7.80. The van der Waals surface area contributed by atoms with Gasteiger partial charge in [0.1, 0.15) is 17.4 Å². The number of nitrogens with two attached hydrogens (primary N) is 2. The first-order chi connectivity index (χ1) is 8.91. The minimum Gasteiger partial charge on any atom is -0.478 e. The van der Waals surface area contributed by atoms with E-state index in [9.17, 15) is 9.59 Å². The van der Waals surface area contributed by atoms with Gasteiger partial charge >= 0.3 is 11.9 Å². The number of esters is 1. The molecule has 1 aromatic rings. The van der Waals surface area contributed by atoms with Crippen LogP contribution in [-0.4, -0.2) is 28.1 Å². The minimum atomic E-state index is -1.18. The zero-order valence-corrected chi connectivity index (χ0v) is 10.9. The normalized spacial score (nSPS) is 11.6. The fourth-order valence-electron chi connectivity index (χ4n) is 1.33. The number of aromatic carboxylic acids is 1. The summed E-state index contributed by atoms with van der Waals surface area (Å²) in [6, 6.07) is 4.93. The molecule has 0 fully saturated rings. The molecule has 1 rings (SSSR count). The largest absolute Gasteiger partial charge is 0.478 e. The first kappa shape index (κ1) is 15.1. The van der Waals surface area contributed by atoms with Gasteiger partial charge in [0.05, 0.1) is 4.99 Å². The Hall–Kier alpha value is -1.99. The molecule has 1 aromatic carbocycles. The van der Waals surface area contributed by atoms with Crippen LogP contribution in [0.2, 0.25) is 0 Å². The van der Waals surface area contributed by atoms with Crippen molar-refractivity contribution in [2.75, 3.05) is 0 Å². The number of hydrogen-bond donors (Lipinski definition) is 3. The summed E-state index contributed by atoms with van der Waals surface area (Å²) < 4.78 is 4.97. The monoisotopic (exact) mass is 282 g/mol. The quantitative estimate of drug-likeness (QED) is 0.399. The zero-order valence-electron chi connectivity index (χ0n) is 10.0. The molecule has 0 aliphatic rings. The summed E-state index contributed by atoms with van der Waals surface area (Å²) in [5, 5.41) is 8.94. The van der Waals surface area contributed by atoms with Crippen LogP contribution in [0.15, 0.2) is 24.3 Å². The number of carboxylic acids is 1. The Morgan fingerprint density at radius 2 is 2.00 bits per heavy atom. The minimum absolute atomic E-state index is 0.0363. The van der Waals surface area contributed by atoms with E-state index in [1.54, 1.807) is 6.07 Å². The van der Waals surface area contributed by atoms with Gasteiger partial charge in [-0.15, -0.1) is 0 Å². The van der Waals surface area contributed by atoms with Gasteiger partial charge in [0.15, 0.2) is 0 Å². The van der Waals surface area contributed by atoms with Crippen LogP contribution < -0.4 is 16.2 Å². The Kier molecular flexibility index (Phi) is 5.40. The molecule has 0 aromatic heterocycles. The van der Waals surface area contributed by atoms with Crippen LogP contribution in [0.5, 0.6) is 5.75 Å². The standard InChI is InChI=1S/C12H14N2O4S/c13-8(5-6-10(14)19)12(17)18-9-4-2-1-3-7(9)11(15)16/h1-4,8H,5-6,13H2,(H2,14,19)(H,15,16). The number of rotatable bonds is 6. The maximum atomic E-state index is 11.7. The van der Waals surface area contributed by atoms with Crippen molar-refractivity contribution >= 4 is 29.1 Å². The van der Waals surface area contributed by atoms with E-state index >= 15 is 0 Å². The van der Waals surface area contributed by atoms with Crippen molar-refractivity contribution in [1.29, 1.82) is 0 Å². The van der Waals surface area contributed by atoms with Gasteiger partial charge in [0.25, 0.3) is 0 Å². The Morgan fingerprint density at radius 1 is 1.37 bits per heavy atom. The molecule has 0 heterocycles. The molecular weight excluding hydrogens is 268 g/mol. The van der Waals surface area contributed by atoms with E-state index in [1.165, 1.54) is 18.2 Å². The molecule has 0 saturated heterocycles. The predicted octanol–water partition coefficient (Wildman–Crippen LogP) is 0.684. The van der Waals surface area contributed by atoms with Gasteiger partial charge in [-0.2, -0.15) is 0 Å². The fraction of sp³-hybridized carbons (Fsp3) is 0.250. The smallest absolute Gasteiger partial charge is 0.339 e. The summed E-state index contributed by atoms with van der Waals surface area (Å²) in [6.07, 6.45) is 0.579. The number of hydrogen-bond acceptors (Lipinski definition) is 5. The second-order valence-electron chi connectivity index (χ2n) is 3.83. The highest BCUT2D eigenvalue weighted by Gasteiger charge is 2.19. The Labute approximate surface area is 115 Å². The second kappa shape index (κ2) is 6.81. The van der Waals surface area contributed by atoms with E-state index in [0.717, 1.165) is 0 Å². The van der Waals surface area contributed by atoms with E-state index in [-0.39, 0.29) is 22.7 Å². The Morgan fingerprint density at radius 3 is 2.58 bits per heavy atom. The lowest BCUT2D eigenvalue weighted by molar-refractivity contribution is -0.135. The molecule has 1 atom stereocenters. The molecular formula is C12H14N2O4S. The number of para-hydroxylation sites is 1. The summed E-state index contributed by atoms with van der Waals surface area (Å²) >= 11 is 4.68. The Balaban J connectivity index is 2.71. The number of benzene rings is 1. The summed E-state index contributed by atoms with van der Waals surface area (Å²) in [7, 11) is 0. The summed E-state index contributed by atoms with van der Waals surface area (Å²) in [4.78, 5) is 22.9. The average molecular weight is 282 g/mol. The van der Waals surface area contributed by atoms with Gasteiger partial charge < -0.3 is 21.3 Å². The van der Waals surface area contributed by atoms with Gasteiger partial charge in [-0.05, 0) is 25.0 Å².